The molecule has 1 aliphatic rings. The van der Waals surface area contributed by atoms with Gasteiger partial charge in [-0.05, 0) is 18.2 Å². The number of carbonyl (C=O) groups is 3. The van der Waals surface area contributed by atoms with Crippen molar-refractivity contribution in [1.29, 1.82) is 0 Å². The first kappa shape index (κ1) is 13.0. The van der Waals surface area contributed by atoms with Crippen LogP contribution in [0.25, 0.3) is 0 Å². The van der Waals surface area contributed by atoms with Crippen molar-refractivity contribution in [2.24, 2.45) is 5.73 Å². The standard InChI is InChI=1S/C12H12N2O5/c1-19-6-2-3-9-7(4-6)10(15)11(16)14(9)5-8(13)12(17)18/h2-4,8H,5,13H2,1H3,(H,17,18). The van der Waals surface area contributed by atoms with E-state index in [0.717, 1.165) is 4.90 Å². The Hall–Kier alpha value is -2.41. The summed E-state index contributed by atoms with van der Waals surface area (Å²) in [4.78, 5) is 35.4. The maximum Gasteiger partial charge on any atom is 0.322 e. The van der Waals surface area contributed by atoms with Crippen LogP contribution in [-0.4, -0.2) is 42.5 Å². The largest absolute Gasteiger partial charge is 0.497 e. The lowest BCUT2D eigenvalue weighted by Crippen LogP contribution is -2.44. The Morgan fingerprint density at radius 1 is 1.47 bits per heavy atom. The average Bonchev–Trinajstić information content (AvgIpc) is 2.63. The zero-order chi connectivity index (χ0) is 14.2. The fourth-order valence-corrected chi connectivity index (χ4v) is 1.86. The molecule has 2 rings (SSSR count). The number of rotatable bonds is 4. The van der Waals surface area contributed by atoms with Gasteiger partial charge in [0.25, 0.3) is 11.7 Å². The number of hydrogen-bond acceptors (Lipinski definition) is 5. The van der Waals surface area contributed by atoms with Gasteiger partial charge in [-0.2, -0.15) is 0 Å². The van der Waals surface area contributed by atoms with Crippen LogP contribution in [0.15, 0.2) is 18.2 Å². The summed E-state index contributed by atoms with van der Waals surface area (Å²) < 4.78 is 4.98. The number of carboxylic acid groups (broad SMARTS) is 1. The normalized spacial score (nSPS) is 15.4. The lowest BCUT2D eigenvalue weighted by Gasteiger charge is -2.18. The summed E-state index contributed by atoms with van der Waals surface area (Å²) in [6.45, 7) is -0.251. The first-order valence-corrected chi connectivity index (χ1v) is 5.48. The van der Waals surface area contributed by atoms with E-state index in [2.05, 4.69) is 0 Å². The van der Waals surface area contributed by atoms with Crippen molar-refractivity contribution in [2.75, 3.05) is 18.6 Å². The number of aliphatic carboxylic acids is 1. The topological polar surface area (TPSA) is 110 Å². The minimum absolute atomic E-state index is 0.196. The molecule has 1 amide bonds. The van der Waals surface area contributed by atoms with Gasteiger partial charge in [-0.25, -0.2) is 0 Å². The first-order valence-electron chi connectivity index (χ1n) is 5.48. The van der Waals surface area contributed by atoms with Gasteiger partial charge < -0.3 is 20.5 Å². The van der Waals surface area contributed by atoms with Crippen molar-refractivity contribution in [3.05, 3.63) is 23.8 Å². The second-order valence-electron chi connectivity index (χ2n) is 4.07. The van der Waals surface area contributed by atoms with Crippen molar-refractivity contribution >= 4 is 23.3 Å². The second kappa shape index (κ2) is 4.69. The van der Waals surface area contributed by atoms with Crippen molar-refractivity contribution in [1.82, 2.24) is 0 Å². The summed E-state index contributed by atoms with van der Waals surface area (Å²) in [6, 6.07) is 3.32. The molecule has 100 valence electrons. The van der Waals surface area contributed by atoms with E-state index in [1.54, 1.807) is 6.07 Å². The highest BCUT2D eigenvalue weighted by atomic mass is 16.5. The molecule has 1 atom stereocenters. The number of ether oxygens (including phenoxy) is 1. The van der Waals surface area contributed by atoms with Crippen LogP contribution in [0.4, 0.5) is 5.69 Å². The third kappa shape index (κ3) is 2.15. The zero-order valence-corrected chi connectivity index (χ0v) is 10.1. The predicted molar refractivity (Wildman–Crippen MR) is 65.3 cm³/mol. The van der Waals surface area contributed by atoms with Gasteiger partial charge in [-0.3, -0.25) is 14.4 Å². The number of carboxylic acids is 1. The highest BCUT2D eigenvalue weighted by Crippen LogP contribution is 2.31. The van der Waals surface area contributed by atoms with E-state index in [-0.39, 0.29) is 12.1 Å². The van der Waals surface area contributed by atoms with Gasteiger partial charge in [-0.15, -0.1) is 0 Å². The van der Waals surface area contributed by atoms with E-state index in [0.29, 0.717) is 11.4 Å². The summed E-state index contributed by atoms with van der Waals surface area (Å²) in [5, 5.41) is 8.76. The molecular formula is C12H12N2O5. The quantitative estimate of drug-likeness (QED) is 0.718. The number of Topliss-reactive ketones (excluding diaryl/α,β-unsaturated/α-hetero) is 1. The Kier molecular flexibility index (Phi) is 3.22. The fourth-order valence-electron chi connectivity index (χ4n) is 1.86. The summed E-state index contributed by atoms with van der Waals surface area (Å²) in [5.41, 5.74) is 5.94. The summed E-state index contributed by atoms with van der Waals surface area (Å²) >= 11 is 0. The molecule has 0 saturated heterocycles. The Morgan fingerprint density at radius 2 is 2.16 bits per heavy atom. The van der Waals surface area contributed by atoms with E-state index < -0.39 is 23.7 Å². The molecule has 7 nitrogen and oxygen atoms in total. The lowest BCUT2D eigenvalue weighted by atomic mass is 10.1. The molecule has 0 saturated carbocycles. The summed E-state index contributed by atoms with van der Waals surface area (Å²) in [6.07, 6.45) is 0. The van der Waals surface area contributed by atoms with E-state index in [1.807, 2.05) is 0 Å². The maximum absolute atomic E-state index is 11.8. The minimum atomic E-state index is -1.25. The number of benzene rings is 1. The third-order valence-electron chi connectivity index (χ3n) is 2.88. The molecule has 1 aromatic rings. The molecule has 1 aliphatic heterocycles. The van der Waals surface area contributed by atoms with Crippen LogP contribution >= 0.6 is 0 Å². The molecule has 0 aliphatic carbocycles. The van der Waals surface area contributed by atoms with E-state index in [1.165, 1.54) is 19.2 Å². The van der Waals surface area contributed by atoms with Crippen LogP contribution in [0.3, 0.4) is 0 Å². The fraction of sp³-hybridized carbons (Fsp3) is 0.250. The van der Waals surface area contributed by atoms with Crippen molar-refractivity contribution in [2.45, 2.75) is 6.04 Å². The minimum Gasteiger partial charge on any atom is -0.497 e. The summed E-state index contributed by atoms with van der Waals surface area (Å²) in [5.74, 6) is -2.25. The van der Waals surface area contributed by atoms with Crippen molar-refractivity contribution in [3.63, 3.8) is 0 Å². The van der Waals surface area contributed by atoms with Crippen molar-refractivity contribution < 1.29 is 24.2 Å². The Balaban J connectivity index is 2.37. The molecule has 0 bridgehead atoms. The SMILES string of the molecule is COc1ccc2c(c1)C(=O)C(=O)N2CC(N)C(=O)O. The highest BCUT2D eigenvalue weighted by molar-refractivity contribution is 6.52. The van der Waals surface area contributed by atoms with Gasteiger partial charge in [0, 0.05) is 0 Å². The molecular weight excluding hydrogens is 252 g/mol. The van der Waals surface area contributed by atoms with Gasteiger partial charge in [0.1, 0.15) is 11.8 Å². The number of amides is 1. The van der Waals surface area contributed by atoms with E-state index >= 15 is 0 Å². The monoisotopic (exact) mass is 264 g/mol. The Bertz CT molecular complexity index is 569. The predicted octanol–water partition coefficient (Wildman–Crippen LogP) is -0.364. The molecule has 7 heteroatoms. The van der Waals surface area contributed by atoms with Crippen LogP contribution in [0.2, 0.25) is 0 Å². The number of nitrogens with zero attached hydrogens (tertiary/aromatic N) is 1. The molecule has 1 aromatic carbocycles. The summed E-state index contributed by atoms with van der Waals surface area (Å²) in [7, 11) is 1.45. The Morgan fingerprint density at radius 3 is 2.74 bits per heavy atom. The zero-order valence-electron chi connectivity index (χ0n) is 10.1. The van der Waals surface area contributed by atoms with Gasteiger partial charge in [0.05, 0.1) is 24.9 Å². The van der Waals surface area contributed by atoms with Gasteiger partial charge in [0.2, 0.25) is 0 Å². The molecule has 0 fully saturated rings. The van der Waals surface area contributed by atoms with Gasteiger partial charge in [0.15, 0.2) is 0 Å². The number of ketones is 1. The number of methoxy groups -OCH3 is 1. The second-order valence-corrected chi connectivity index (χ2v) is 4.07. The average molecular weight is 264 g/mol. The third-order valence-corrected chi connectivity index (χ3v) is 2.88. The molecule has 0 radical (unpaired) electrons. The number of nitrogens with two attached hydrogens (primary N) is 1. The highest BCUT2D eigenvalue weighted by Gasteiger charge is 2.37. The molecule has 1 heterocycles. The first-order chi connectivity index (χ1) is 8.95. The van der Waals surface area contributed by atoms with E-state index in [4.69, 9.17) is 15.6 Å². The number of anilines is 1. The van der Waals surface area contributed by atoms with Crippen molar-refractivity contribution in [3.8, 4) is 5.75 Å². The van der Waals surface area contributed by atoms with Crippen LogP contribution in [0.1, 0.15) is 10.4 Å². The molecule has 19 heavy (non-hydrogen) atoms. The lowest BCUT2D eigenvalue weighted by molar-refractivity contribution is -0.138. The van der Waals surface area contributed by atoms with Gasteiger partial charge >= 0.3 is 5.97 Å². The molecule has 1 unspecified atom stereocenters. The molecule has 3 N–H and O–H groups in total. The van der Waals surface area contributed by atoms with Gasteiger partial charge in [-0.1, -0.05) is 0 Å². The molecule has 0 spiro atoms. The Labute approximate surface area is 108 Å². The van der Waals surface area contributed by atoms with Crippen LogP contribution in [-0.2, 0) is 9.59 Å². The number of fused-ring (bicyclic) bond motifs is 1. The molecule has 0 aromatic heterocycles. The van der Waals surface area contributed by atoms with E-state index in [9.17, 15) is 14.4 Å². The number of carbonyl (C=O) groups excluding carboxylic acids is 2. The number of hydrogen-bond donors (Lipinski definition) is 2. The maximum atomic E-state index is 11.8. The van der Waals surface area contributed by atoms with Crippen LogP contribution < -0.4 is 15.4 Å². The van der Waals surface area contributed by atoms with Crippen LogP contribution in [0, 0.1) is 0 Å². The van der Waals surface area contributed by atoms with Crippen LogP contribution in [0.5, 0.6) is 5.75 Å². The smallest absolute Gasteiger partial charge is 0.322 e.